The lowest BCUT2D eigenvalue weighted by atomic mass is 9.81. The fraction of sp³-hybridized carbons (Fsp3) is 0.765. The zero-order chi connectivity index (χ0) is 17.3. The van der Waals surface area contributed by atoms with Crippen molar-refractivity contribution in [3.05, 3.63) is 11.7 Å². The average Bonchev–Trinajstić information content (AvgIpc) is 3.36. The molecule has 1 aliphatic carbocycles. The Morgan fingerprint density at radius 1 is 1.16 bits per heavy atom. The number of amides is 2. The van der Waals surface area contributed by atoms with Crippen LogP contribution in [0.25, 0.3) is 0 Å². The van der Waals surface area contributed by atoms with Gasteiger partial charge in [0.15, 0.2) is 5.82 Å². The smallest absolute Gasteiger partial charge is 0.249 e. The topological polar surface area (TPSA) is 112 Å². The fourth-order valence-corrected chi connectivity index (χ4v) is 5.06. The first-order valence-electron chi connectivity index (χ1n) is 9.15. The molecule has 4 aliphatic rings. The van der Waals surface area contributed by atoms with Crippen LogP contribution in [0.4, 0.5) is 0 Å². The van der Waals surface area contributed by atoms with Crippen molar-refractivity contribution in [2.75, 3.05) is 0 Å². The Morgan fingerprint density at radius 3 is 2.36 bits per heavy atom. The van der Waals surface area contributed by atoms with Crippen LogP contribution in [0.2, 0.25) is 0 Å². The summed E-state index contributed by atoms with van der Waals surface area (Å²) in [6, 6.07) is -0.573. The minimum atomic E-state index is -0.573. The van der Waals surface area contributed by atoms with Crippen LogP contribution < -0.4 is 5.73 Å². The Kier molecular flexibility index (Phi) is 3.16. The minimum absolute atomic E-state index is 0.118. The van der Waals surface area contributed by atoms with Crippen LogP contribution in [-0.2, 0) is 19.9 Å². The maximum atomic E-state index is 12.8. The van der Waals surface area contributed by atoms with E-state index in [2.05, 4.69) is 10.1 Å². The third-order valence-corrected chi connectivity index (χ3v) is 6.45. The van der Waals surface area contributed by atoms with Crippen molar-refractivity contribution in [3.8, 4) is 0 Å². The molecule has 25 heavy (non-hydrogen) atoms. The number of hydrogen-bond acceptors (Lipinski definition) is 7. The molecule has 8 heteroatoms. The summed E-state index contributed by atoms with van der Waals surface area (Å²) in [4.78, 5) is 31.4. The highest BCUT2D eigenvalue weighted by Gasteiger charge is 2.63. The molecular weight excluding hydrogens is 324 g/mol. The Hall–Kier alpha value is -1.80. The molecule has 0 radical (unpaired) electrons. The van der Waals surface area contributed by atoms with Gasteiger partial charge in [-0.1, -0.05) is 18.0 Å². The van der Waals surface area contributed by atoms with Gasteiger partial charge in [0.25, 0.3) is 0 Å². The SMILES string of the molecule is CC(c1nc(C2(N)CCCC2)no1)N1C(=O)C2C3CCC(O3)C2C1=O. The summed E-state index contributed by atoms with van der Waals surface area (Å²) in [5.74, 6) is -0.259. The molecule has 2 N–H and O–H groups in total. The number of carbonyl (C=O) groups excluding carboxylic acids is 2. The number of fused-ring (bicyclic) bond motifs is 5. The summed E-state index contributed by atoms with van der Waals surface area (Å²) in [7, 11) is 0. The number of rotatable bonds is 3. The molecule has 1 aromatic rings. The standard InChI is InChI=1S/C17H22N4O4/c1-8(13-19-16(20-25-13)17(18)6-2-3-7-17)21-14(22)11-9-4-5-10(24-9)12(11)15(21)23/h8-12H,2-7,18H2,1H3. The zero-order valence-electron chi connectivity index (χ0n) is 14.2. The average molecular weight is 346 g/mol. The van der Waals surface area contributed by atoms with Gasteiger partial charge >= 0.3 is 0 Å². The van der Waals surface area contributed by atoms with Crippen molar-refractivity contribution in [2.24, 2.45) is 17.6 Å². The van der Waals surface area contributed by atoms with E-state index in [0.717, 1.165) is 38.5 Å². The van der Waals surface area contributed by atoms with Crippen molar-refractivity contribution < 1.29 is 18.8 Å². The molecule has 1 aromatic heterocycles. The molecule has 2 bridgehead atoms. The normalized spacial score (nSPS) is 37.1. The Labute approximate surface area is 145 Å². The summed E-state index contributed by atoms with van der Waals surface area (Å²) in [6.45, 7) is 1.76. The molecule has 3 aliphatic heterocycles. The molecule has 1 saturated carbocycles. The van der Waals surface area contributed by atoms with Gasteiger partial charge in [0, 0.05) is 0 Å². The number of likely N-dealkylation sites (tertiary alicyclic amines) is 1. The third-order valence-electron chi connectivity index (χ3n) is 6.45. The lowest BCUT2D eigenvalue weighted by Crippen LogP contribution is -2.37. The molecule has 134 valence electrons. The van der Waals surface area contributed by atoms with Gasteiger partial charge in [-0.05, 0) is 32.6 Å². The Morgan fingerprint density at radius 2 is 1.76 bits per heavy atom. The van der Waals surface area contributed by atoms with E-state index in [1.54, 1.807) is 6.92 Å². The predicted octanol–water partition coefficient (Wildman–Crippen LogP) is 1.02. The maximum Gasteiger partial charge on any atom is 0.249 e. The quantitative estimate of drug-likeness (QED) is 0.813. The minimum Gasteiger partial charge on any atom is -0.373 e. The van der Waals surface area contributed by atoms with Crippen molar-refractivity contribution >= 4 is 11.8 Å². The molecule has 0 aromatic carbocycles. The van der Waals surface area contributed by atoms with Gasteiger partial charge in [0.2, 0.25) is 17.7 Å². The number of nitrogens with zero attached hydrogens (tertiary/aromatic N) is 3. The number of imide groups is 1. The second-order valence-electron chi connectivity index (χ2n) is 7.88. The van der Waals surface area contributed by atoms with Crippen LogP contribution in [0.15, 0.2) is 4.52 Å². The number of hydrogen-bond donors (Lipinski definition) is 1. The lowest BCUT2D eigenvalue weighted by Gasteiger charge is -2.22. The second-order valence-corrected chi connectivity index (χ2v) is 7.88. The highest BCUT2D eigenvalue weighted by atomic mass is 16.5. The number of ether oxygens (including phenoxy) is 1. The summed E-state index contributed by atoms with van der Waals surface area (Å²) in [5, 5.41) is 4.04. The van der Waals surface area contributed by atoms with Gasteiger partial charge in [-0.15, -0.1) is 0 Å². The van der Waals surface area contributed by atoms with Crippen molar-refractivity contribution in [2.45, 2.75) is 69.2 Å². The van der Waals surface area contributed by atoms with Crippen LogP contribution in [0.5, 0.6) is 0 Å². The van der Waals surface area contributed by atoms with Crippen molar-refractivity contribution in [1.82, 2.24) is 15.0 Å². The lowest BCUT2D eigenvalue weighted by molar-refractivity contribution is -0.145. The van der Waals surface area contributed by atoms with Crippen LogP contribution in [-0.4, -0.2) is 39.1 Å². The van der Waals surface area contributed by atoms with E-state index in [1.807, 2.05) is 0 Å². The fourth-order valence-electron chi connectivity index (χ4n) is 5.06. The summed E-state index contributed by atoms with van der Waals surface area (Å²) < 4.78 is 11.1. The number of nitrogens with two attached hydrogens (primary N) is 1. The van der Waals surface area contributed by atoms with E-state index in [-0.39, 0.29) is 41.7 Å². The van der Waals surface area contributed by atoms with E-state index in [9.17, 15) is 9.59 Å². The summed E-state index contributed by atoms with van der Waals surface area (Å²) in [6.07, 6.45) is 5.22. The number of carbonyl (C=O) groups is 2. The van der Waals surface area contributed by atoms with Gasteiger partial charge in [-0.25, -0.2) is 0 Å². The zero-order valence-corrected chi connectivity index (χ0v) is 14.2. The molecule has 5 rings (SSSR count). The molecule has 3 saturated heterocycles. The Bertz CT molecular complexity index is 713. The first-order chi connectivity index (χ1) is 12.0. The predicted molar refractivity (Wildman–Crippen MR) is 83.8 cm³/mol. The van der Waals surface area contributed by atoms with Gasteiger partial charge in [-0.2, -0.15) is 4.98 Å². The van der Waals surface area contributed by atoms with Gasteiger partial charge < -0.3 is 15.0 Å². The molecule has 5 atom stereocenters. The van der Waals surface area contributed by atoms with Crippen LogP contribution in [0, 0.1) is 11.8 Å². The molecule has 0 spiro atoms. The van der Waals surface area contributed by atoms with Crippen molar-refractivity contribution in [3.63, 3.8) is 0 Å². The van der Waals surface area contributed by atoms with Crippen LogP contribution in [0.1, 0.15) is 63.2 Å². The Balaban J connectivity index is 1.41. The molecule has 4 heterocycles. The van der Waals surface area contributed by atoms with Gasteiger partial charge in [-0.3, -0.25) is 14.5 Å². The third kappa shape index (κ3) is 2.01. The number of aromatic nitrogens is 2. The first-order valence-corrected chi connectivity index (χ1v) is 9.15. The van der Waals surface area contributed by atoms with Gasteiger partial charge in [0.1, 0.15) is 6.04 Å². The van der Waals surface area contributed by atoms with E-state index < -0.39 is 11.6 Å². The van der Waals surface area contributed by atoms with Crippen molar-refractivity contribution in [1.29, 1.82) is 0 Å². The molecule has 8 nitrogen and oxygen atoms in total. The van der Waals surface area contributed by atoms with E-state index >= 15 is 0 Å². The van der Waals surface area contributed by atoms with Crippen LogP contribution in [0.3, 0.4) is 0 Å². The summed E-state index contributed by atoms with van der Waals surface area (Å²) in [5.41, 5.74) is 5.82. The maximum absolute atomic E-state index is 12.8. The summed E-state index contributed by atoms with van der Waals surface area (Å²) >= 11 is 0. The van der Waals surface area contributed by atoms with E-state index in [1.165, 1.54) is 4.90 Å². The van der Waals surface area contributed by atoms with Crippen LogP contribution >= 0.6 is 0 Å². The molecule has 2 amide bonds. The highest BCUT2D eigenvalue weighted by molar-refractivity contribution is 6.06. The van der Waals surface area contributed by atoms with Gasteiger partial charge in [0.05, 0.1) is 29.6 Å². The highest BCUT2D eigenvalue weighted by Crippen LogP contribution is 2.50. The molecule has 5 unspecified atom stereocenters. The first kappa shape index (κ1) is 15.5. The second kappa shape index (κ2) is 5.11. The monoisotopic (exact) mass is 346 g/mol. The molecular formula is C17H22N4O4. The van der Waals surface area contributed by atoms with E-state index in [0.29, 0.717) is 5.82 Å². The van der Waals surface area contributed by atoms with E-state index in [4.69, 9.17) is 15.0 Å². The largest absolute Gasteiger partial charge is 0.373 e. The molecule has 4 fully saturated rings.